The van der Waals surface area contributed by atoms with E-state index in [9.17, 15) is 0 Å². The summed E-state index contributed by atoms with van der Waals surface area (Å²) in [6.07, 6.45) is 0. The van der Waals surface area contributed by atoms with Gasteiger partial charge in [0.25, 0.3) is 0 Å². The summed E-state index contributed by atoms with van der Waals surface area (Å²) in [5.41, 5.74) is 18.1. The summed E-state index contributed by atoms with van der Waals surface area (Å²) in [5.74, 6) is 8.10. The van der Waals surface area contributed by atoms with Crippen molar-refractivity contribution in [1.29, 1.82) is 0 Å². The monoisotopic (exact) mass is 428 g/mol. The molecule has 4 rings (SSSR count). The van der Waals surface area contributed by atoms with Gasteiger partial charge in [-0.15, -0.1) is 0 Å². The Kier molecular flexibility index (Phi) is 5.36. The standard InChI is InChI=1S/C26H32N6/c1-25(2,3)21(27)23-29-17-11-9-15(13-19(17)31-23)7-8-16-10-12-18-20(14-16)32-24(30-18)22(28)26(4,5)6/h9-14,21-22H,27-28H2,1-6H3,(H,29,31)(H,30,32)/t21-,22?/m1/s1. The first-order valence-corrected chi connectivity index (χ1v) is 10.9. The molecule has 6 N–H and O–H groups in total. The summed E-state index contributed by atoms with van der Waals surface area (Å²) in [6.45, 7) is 12.7. The molecular formula is C26H32N6. The van der Waals surface area contributed by atoms with Gasteiger partial charge in [0, 0.05) is 11.1 Å². The van der Waals surface area contributed by atoms with Crippen LogP contribution in [-0.4, -0.2) is 19.9 Å². The van der Waals surface area contributed by atoms with E-state index in [1.807, 2.05) is 36.4 Å². The van der Waals surface area contributed by atoms with Crippen molar-refractivity contribution in [2.75, 3.05) is 0 Å². The van der Waals surface area contributed by atoms with Crippen LogP contribution in [-0.2, 0) is 0 Å². The summed E-state index contributed by atoms with van der Waals surface area (Å²) in [7, 11) is 0. The zero-order valence-corrected chi connectivity index (χ0v) is 19.7. The van der Waals surface area contributed by atoms with E-state index in [-0.39, 0.29) is 22.9 Å². The topological polar surface area (TPSA) is 109 Å². The van der Waals surface area contributed by atoms with E-state index in [1.165, 1.54) is 0 Å². The molecule has 2 aromatic heterocycles. The van der Waals surface area contributed by atoms with Gasteiger partial charge in [0.1, 0.15) is 11.6 Å². The fraction of sp³-hybridized carbons (Fsp3) is 0.385. The Balaban J connectivity index is 1.61. The first-order valence-electron chi connectivity index (χ1n) is 10.9. The number of imidazole rings is 2. The minimum absolute atomic E-state index is 0.0709. The Bertz CT molecular complexity index is 1230. The predicted molar refractivity (Wildman–Crippen MR) is 131 cm³/mol. The molecule has 0 saturated heterocycles. The van der Waals surface area contributed by atoms with Gasteiger partial charge in [0.15, 0.2) is 0 Å². The Morgan fingerprint density at radius 3 is 1.41 bits per heavy atom. The van der Waals surface area contributed by atoms with Gasteiger partial charge in [-0.05, 0) is 47.2 Å². The van der Waals surface area contributed by atoms with Crippen molar-refractivity contribution in [2.45, 2.75) is 53.6 Å². The maximum absolute atomic E-state index is 6.36. The van der Waals surface area contributed by atoms with Crippen molar-refractivity contribution < 1.29 is 0 Å². The second kappa shape index (κ2) is 7.77. The Morgan fingerprint density at radius 1 is 0.688 bits per heavy atom. The quantitative estimate of drug-likeness (QED) is 0.339. The van der Waals surface area contributed by atoms with Crippen LogP contribution in [0.1, 0.15) is 76.4 Å². The van der Waals surface area contributed by atoms with E-state index in [0.29, 0.717) is 0 Å². The third-order valence-corrected chi connectivity index (χ3v) is 5.81. The number of fused-ring (bicyclic) bond motifs is 2. The maximum atomic E-state index is 6.36. The van der Waals surface area contributed by atoms with Crippen molar-refractivity contribution in [3.63, 3.8) is 0 Å². The molecule has 166 valence electrons. The van der Waals surface area contributed by atoms with Gasteiger partial charge in [-0.2, -0.15) is 0 Å². The number of nitrogens with zero attached hydrogens (tertiary/aromatic N) is 2. The van der Waals surface area contributed by atoms with Gasteiger partial charge in [0.2, 0.25) is 0 Å². The number of H-pyrrole nitrogens is 2. The number of aromatic amines is 2. The molecule has 1 unspecified atom stereocenters. The molecule has 2 heterocycles. The lowest BCUT2D eigenvalue weighted by atomic mass is 9.87. The number of rotatable bonds is 2. The summed E-state index contributed by atoms with van der Waals surface area (Å²) in [5, 5.41) is 0. The lowest BCUT2D eigenvalue weighted by Crippen LogP contribution is -2.27. The molecule has 6 nitrogen and oxygen atoms in total. The average Bonchev–Trinajstić information content (AvgIpc) is 3.32. The summed E-state index contributed by atoms with van der Waals surface area (Å²) < 4.78 is 0. The van der Waals surface area contributed by atoms with Crippen LogP contribution in [0.25, 0.3) is 22.1 Å². The predicted octanol–water partition coefficient (Wildman–Crippen LogP) is 4.93. The van der Waals surface area contributed by atoms with E-state index in [0.717, 1.165) is 44.8 Å². The largest absolute Gasteiger partial charge is 0.341 e. The first-order chi connectivity index (χ1) is 14.9. The molecule has 2 atom stereocenters. The van der Waals surface area contributed by atoms with Gasteiger partial charge in [-0.1, -0.05) is 53.4 Å². The molecule has 6 heteroatoms. The fourth-order valence-corrected chi connectivity index (χ4v) is 3.47. The van der Waals surface area contributed by atoms with Crippen molar-refractivity contribution in [3.05, 3.63) is 59.2 Å². The lowest BCUT2D eigenvalue weighted by molar-refractivity contribution is 0.317. The van der Waals surface area contributed by atoms with Crippen LogP contribution in [0.4, 0.5) is 0 Å². The van der Waals surface area contributed by atoms with Crippen LogP contribution in [0.3, 0.4) is 0 Å². The third kappa shape index (κ3) is 4.40. The molecule has 0 amide bonds. The molecule has 0 bridgehead atoms. The van der Waals surface area contributed by atoms with Crippen LogP contribution < -0.4 is 11.5 Å². The summed E-state index contributed by atoms with van der Waals surface area (Å²) in [6, 6.07) is 11.6. The highest BCUT2D eigenvalue weighted by molar-refractivity contribution is 5.78. The highest BCUT2D eigenvalue weighted by Gasteiger charge is 2.26. The summed E-state index contributed by atoms with van der Waals surface area (Å²) >= 11 is 0. The van der Waals surface area contributed by atoms with Crippen molar-refractivity contribution in [1.82, 2.24) is 19.9 Å². The van der Waals surface area contributed by atoms with E-state index >= 15 is 0 Å². The van der Waals surface area contributed by atoms with E-state index in [4.69, 9.17) is 11.5 Å². The second-order valence-electron chi connectivity index (χ2n) is 10.6. The van der Waals surface area contributed by atoms with Crippen molar-refractivity contribution >= 4 is 22.1 Å². The average molecular weight is 429 g/mol. The molecular weight excluding hydrogens is 396 g/mol. The van der Waals surface area contributed by atoms with Crippen LogP contribution in [0.15, 0.2) is 36.4 Å². The Hall–Kier alpha value is -3.14. The normalized spacial score (nSPS) is 14.4. The number of nitrogens with two attached hydrogens (primary N) is 2. The molecule has 0 aliphatic carbocycles. The molecule has 32 heavy (non-hydrogen) atoms. The molecule has 0 aliphatic rings. The number of aromatic nitrogens is 4. The molecule has 0 spiro atoms. The number of nitrogens with one attached hydrogen (secondary N) is 2. The fourth-order valence-electron chi connectivity index (χ4n) is 3.47. The van der Waals surface area contributed by atoms with Gasteiger partial charge in [-0.25, -0.2) is 9.97 Å². The number of benzene rings is 2. The van der Waals surface area contributed by atoms with Gasteiger partial charge in [-0.3, -0.25) is 0 Å². The number of hydrogen-bond acceptors (Lipinski definition) is 4. The van der Waals surface area contributed by atoms with E-state index in [2.05, 4.69) is 73.3 Å². The van der Waals surface area contributed by atoms with Crippen LogP contribution in [0.5, 0.6) is 0 Å². The van der Waals surface area contributed by atoms with Crippen molar-refractivity contribution in [3.8, 4) is 11.8 Å². The van der Waals surface area contributed by atoms with Crippen LogP contribution in [0, 0.1) is 22.7 Å². The summed E-state index contributed by atoms with van der Waals surface area (Å²) in [4.78, 5) is 16.0. The second-order valence-corrected chi connectivity index (χ2v) is 10.6. The molecule has 4 aromatic rings. The smallest absolute Gasteiger partial charge is 0.124 e. The molecule has 0 saturated carbocycles. The zero-order chi connectivity index (χ0) is 23.3. The Morgan fingerprint density at radius 2 is 1.06 bits per heavy atom. The highest BCUT2D eigenvalue weighted by Crippen LogP contribution is 2.31. The van der Waals surface area contributed by atoms with Crippen LogP contribution in [0.2, 0.25) is 0 Å². The minimum atomic E-state index is -0.165. The molecule has 2 aromatic carbocycles. The highest BCUT2D eigenvalue weighted by atomic mass is 15.0. The van der Waals surface area contributed by atoms with Gasteiger partial charge >= 0.3 is 0 Å². The minimum Gasteiger partial charge on any atom is -0.341 e. The maximum Gasteiger partial charge on any atom is 0.124 e. The SMILES string of the molecule is CC(C)(C)C(N)c1nc2ccc(C#Cc3ccc4nc([C@@H](N)C(C)(C)C)[nH]c4c3)cc2[nH]1. The van der Waals surface area contributed by atoms with Crippen LogP contribution >= 0.6 is 0 Å². The lowest BCUT2D eigenvalue weighted by Gasteiger charge is -2.24. The van der Waals surface area contributed by atoms with E-state index in [1.54, 1.807) is 0 Å². The molecule has 0 aliphatic heterocycles. The third-order valence-electron chi connectivity index (χ3n) is 5.81. The van der Waals surface area contributed by atoms with Gasteiger partial charge in [0.05, 0.1) is 34.2 Å². The first kappa shape index (κ1) is 22.1. The molecule has 0 radical (unpaired) electrons. The Labute approximate surface area is 189 Å². The van der Waals surface area contributed by atoms with E-state index < -0.39 is 0 Å². The van der Waals surface area contributed by atoms with Gasteiger partial charge < -0.3 is 21.4 Å². The number of hydrogen-bond donors (Lipinski definition) is 4. The van der Waals surface area contributed by atoms with Crippen molar-refractivity contribution in [2.24, 2.45) is 22.3 Å². The molecule has 0 fully saturated rings. The zero-order valence-electron chi connectivity index (χ0n) is 19.7.